The molecule has 1 aromatic heterocycles. The Kier molecular flexibility index (Phi) is 4.84. The molecule has 1 aliphatic rings. The Bertz CT molecular complexity index is 744. The standard InChI is InChI=1S/C16H15F3N4O2/c17-16(18,19)12-2-1-3-13(8-12)22-15-20-9-11(10-21-15)14(24)23-4-6-25-7-5-23/h1-3,8-10H,4-7H2,(H,20,21,22). The fourth-order valence-electron chi connectivity index (χ4n) is 2.35. The largest absolute Gasteiger partial charge is 0.416 e. The number of benzene rings is 1. The molecule has 0 unspecified atom stereocenters. The minimum Gasteiger partial charge on any atom is -0.378 e. The topological polar surface area (TPSA) is 67.4 Å². The van der Waals surface area contributed by atoms with Gasteiger partial charge in [-0.1, -0.05) is 6.07 Å². The molecule has 1 fully saturated rings. The van der Waals surface area contributed by atoms with Gasteiger partial charge in [0.2, 0.25) is 5.95 Å². The molecule has 0 bridgehead atoms. The molecule has 0 spiro atoms. The Morgan fingerprint density at radius 2 is 1.84 bits per heavy atom. The molecule has 1 aromatic carbocycles. The van der Waals surface area contributed by atoms with Gasteiger partial charge < -0.3 is 15.0 Å². The lowest BCUT2D eigenvalue weighted by molar-refractivity contribution is -0.137. The van der Waals surface area contributed by atoms with Crippen LogP contribution in [0, 0.1) is 0 Å². The van der Waals surface area contributed by atoms with Crippen molar-refractivity contribution in [3.63, 3.8) is 0 Å². The van der Waals surface area contributed by atoms with E-state index >= 15 is 0 Å². The summed E-state index contributed by atoms with van der Waals surface area (Å²) in [4.78, 5) is 21.9. The smallest absolute Gasteiger partial charge is 0.378 e. The van der Waals surface area contributed by atoms with Gasteiger partial charge >= 0.3 is 6.18 Å². The summed E-state index contributed by atoms with van der Waals surface area (Å²) in [6.07, 6.45) is -1.73. The zero-order valence-electron chi connectivity index (χ0n) is 13.1. The Balaban J connectivity index is 1.69. The monoisotopic (exact) mass is 352 g/mol. The van der Waals surface area contributed by atoms with Gasteiger partial charge in [-0.05, 0) is 18.2 Å². The van der Waals surface area contributed by atoms with Crippen LogP contribution in [-0.4, -0.2) is 47.1 Å². The van der Waals surface area contributed by atoms with Crippen molar-refractivity contribution in [3.8, 4) is 0 Å². The maximum atomic E-state index is 12.7. The maximum Gasteiger partial charge on any atom is 0.416 e. The zero-order valence-corrected chi connectivity index (χ0v) is 13.1. The van der Waals surface area contributed by atoms with E-state index in [9.17, 15) is 18.0 Å². The summed E-state index contributed by atoms with van der Waals surface area (Å²) in [5.74, 6) is -0.0910. The van der Waals surface area contributed by atoms with Crippen LogP contribution in [0.2, 0.25) is 0 Å². The molecule has 0 atom stereocenters. The number of amides is 1. The van der Waals surface area contributed by atoms with Crippen LogP contribution in [0.15, 0.2) is 36.7 Å². The number of halogens is 3. The highest BCUT2D eigenvalue weighted by atomic mass is 19.4. The van der Waals surface area contributed by atoms with E-state index in [4.69, 9.17) is 4.74 Å². The van der Waals surface area contributed by atoms with Crippen LogP contribution < -0.4 is 5.32 Å². The van der Waals surface area contributed by atoms with Gasteiger partial charge in [0.1, 0.15) is 0 Å². The third kappa shape index (κ3) is 4.24. The van der Waals surface area contributed by atoms with Crippen molar-refractivity contribution >= 4 is 17.5 Å². The first-order valence-electron chi connectivity index (χ1n) is 7.57. The number of hydrogen-bond donors (Lipinski definition) is 1. The lowest BCUT2D eigenvalue weighted by atomic mass is 10.2. The molecule has 0 saturated carbocycles. The van der Waals surface area contributed by atoms with Gasteiger partial charge in [0, 0.05) is 31.2 Å². The van der Waals surface area contributed by atoms with E-state index in [1.807, 2.05) is 0 Å². The third-order valence-electron chi connectivity index (χ3n) is 3.64. The molecule has 2 heterocycles. The van der Waals surface area contributed by atoms with E-state index in [-0.39, 0.29) is 17.5 Å². The fraction of sp³-hybridized carbons (Fsp3) is 0.312. The van der Waals surface area contributed by atoms with Crippen molar-refractivity contribution in [2.75, 3.05) is 31.6 Å². The predicted molar refractivity (Wildman–Crippen MR) is 83.5 cm³/mol. The average Bonchev–Trinajstić information content (AvgIpc) is 2.62. The highest BCUT2D eigenvalue weighted by Gasteiger charge is 2.30. The summed E-state index contributed by atoms with van der Waals surface area (Å²) < 4.78 is 43.3. The molecule has 9 heteroatoms. The first-order valence-corrected chi connectivity index (χ1v) is 7.57. The Labute approximate surface area is 141 Å². The summed E-state index contributed by atoms with van der Waals surface area (Å²) in [5.41, 5.74) is -0.241. The molecule has 2 aromatic rings. The highest BCUT2D eigenvalue weighted by molar-refractivity contribution is 5.93. The summed E-state index contributed by atoms with van der Waals surface area (Å²) in [6, 6.07) is 4.72. The van der Waals surface area contributed by atoms with Crippen LogP contribution >= 0.6 is 0 Å². The van der Waals surface area contributed by atoms with Crippen molar-refractivity contribution in [2.24, 2.45) is 0 Å². The number of alkyl halides is 3. The molecule has 1 N–H and O–H groups in total. The molecule has 1 aliphatic heterocycles. The first-order chi connectivity index (χ1) is 11.9. The van der Waals surface area contributed by atoms with Crippen molar-refractivity contribution in [2.45, 2.75) is 6.18 Å². The fourth-order valence-corrected chi connectivity index (χ4v) is 2.35. The maximum absolute atomic E-state index is 12.7. The van der Waals surface area contributed by atoms with Crippen LogP contribution in [0.5, 0.6) is 0 Å². The summed E-state index contributed by atoms with van der Waals surface area (Å²) in [7, 11) is 0. The molecule has 25 heavy (non-hydrogen) atoms. The number of morpholine rings is 1. The van der Waals surface area contributed by atoms with E-state index in [0.717, 1.165) is 12.1 Å². The van der Waals surface area contributed by atoms with E-state index in [0.29, 0.717) is 31.9 Å². The van der Waals surface area contributed by atoms with Gasteiger partial charge in [0.25, 0.3) is 5.91 Å². The molecular weight excluding hydrogens is 337 g/mol. The molecule has 6 nitrogen and oxygen atoms in total. The van der Waals surface area contributed by atoms with Gasteiger partial charge in [-0.2, -0.15) is 13.2 Å². The van der Waals surface area contributed by atoms with Crippen molar-refractivity contribution in [1.29, 1.82) is 0 Å². The van der Waals surface area contributed by atoms with Gasteiger partial charge in [-0.3, -0.25) is 4.79 Å². The van der Waals surface area contributed by atoms with Crippen molar-refractivity contribution < 1.29 is 22.7 Å². The number of carbonyl (C=O) groups excluding carboxylic acids is 1. The lowest BCUT2D eigenvalue weighted by Crippen LogP contribution is -2.40. The zero-order chi connectivity index (χ0) is 17.9. The number of hydrogen-bond acceptors (Lipinski definition) is 5. The van der Waals surface area contributed by atoms with E-state index < -0.39 is 11.7 Å². The van der Waals surface area contributed by atoms with Crippen LogP contribution in [0.25, 0.3) is 0 Å². The van der Waals surface area contributed by atoms with Crippen LogP contribution in [-0.2, 0) is 10.9 Å². The average molecular weight is 352 g/mol. The predicted octanol–water partition coefficient (Wildman–Crippen LogP) is 2.71. The number of anilines is 2. The summed E-state index contributed by atoms with van der Waals surface area (Å²) in [6.45, 7) is 1.98. The van der Waals surface area contributed by atoms with Crippen molar-refractivity contribution in [1.82, 2.24) is 14.9 Å². The molecule has 0 radical (unpaired) electrons. The number of nitrogens with zero attached hydrogens (tertiary/aromatic N) is 3. The quantitative estimate of drug-likeness (QED) is 0.920. The molecule has 1 saturated heterocycles. The molecule has 132 valence electrons. The minimum atomic E-state index is -4.42. The summed E-state index contributed by atoms with van der Waals surface area (Å²) in [5, 5.41) is 2.69. The molecular formula is C16H15F3N4O2. The second kappa shape index (κ2) is 7.06. The lowest BCUT2D eigenvalue weighted by Gasteiger charge is -2.26. The second-order valence-electron chi connectivity index (χ2n) is 5.40. The van der Waals surface area contributed by atoms with Gasteiger partial charge in [0.15, 0.2) is 0 Å². The highest BCUT2D eigenvalue weighted by Crippen LogP contribution is 2.31. The molecule has 3 rings (SSSR count). The second-order valence-corrected chi connectivity index (χ2v) is 5.40. The SMILES string of the molecule is O=C(c1cnc(Nc2cccc(C(F)(F)F)c2)nc1)N1CCOCC1. The number of ether oxygens (including phenoxy) is 1. The number of nitrogens with one attached hydrogen (secondary N) is 1. The van der Waals surface area contributed by atoms with Crippen LogP contribution in [0.4, 0.5) is 24.8 Å². The van der Waals surface area contributed by atoms with Crippen LogP contribution in [0.3, 0.4) is 0 Å². The van der Waals surface area contributed by atoms with E-state index in [1.54, 1.807) is 4.90 Å². The van der Waals surface area contributed by atoms with E-state index in [2.05, 4.69) is 15.3 Å². The Morgan fingerprint density at radius 1 is 1.16 bits per heavy atom. The first kappa shape index (κ1) is 17.2. The molecule has 0 aliphatic carbocycles. The Hall–Kier alpha value is -2.68. The summed E-state index contributed by atoms with van der Waals surface area (Å²) >= 11 is 0. The number of carbonyl (C=O) groups is 1. The van der Waals surface area contributed by atoms with Gasteiger partial charge in [-0.15, -0.1) is 0 Å². The van der Waals surface area contributed by atoms with Gasteiger partial charge in [-0.25, -0.2) is 9.97 Å². The van der Waals surface area contributed by atoms with Gasteiger partial charge in [0.05, 0.1) is 24.3 Å². The van der Waals surface area contributed by atoms with Crippen LogP contribution in [0.1, 0.15) is 15.9 Å². The molecule has 1 amide bonds. The number of aromatic nitrogens is 2. The normalized spacial score (nSPS) is 15.1. The van der Waals surface area contributed by atoms with Crippen molar-refractivity contribution in [3.05, 3.63) is 47.8 Å². The minimum absolute atomic E-state index is 0.109. The Morgan fingerprint density at radius 3 is 2.48 bits per heavy atom. The number of rotatable bonds is 3. The third-order valence-corrected chi connectivity index (χ3v) is 3.64. The van der Waals surface area contributed by atoms with E-state index in [1.165, 1.54) is 24.5 Å².